The van der Waals surface area contributed by atoms with Crippen molar-refractivity contribution in [2.75, 3.05) is 13.1 Å². The van der Waals surface area contributed by atoms with Crippen LogP contribution in [0.2, 0.25) is 0 Å². The van der Waals surface area contributed by atoms with E-state index in [1.165, 1.54) is 12.1 Å². The van der Waals surface area contributed by atoms with Crippen LogP contribution in [-0.4, -0.2) is 37.6 Å². The summed E-state index contributed by atoms with van der Waals surface area (Å²) in [6, 6.07) is 14.8. The standard InChI is InChI=1S/C20H22FNO3S/c21-17-7-9-18(10-8-17)26(24,25)19-12-14-22(15-13-19)20(23)11-6-16-4-2-1-3-5-16/h1-5,7-10,19H,6,11-15H2. The van der Waals surface area contributed by atoms with Crippen molar-refractivity contribution >= 4 is 15.7 Å². The smallest absolute Gasteiger partial charge is 0.222 e. The molecule has 0 aromatic heterocycles. The minimum Gasteiger partial charge on any atom is -0.343 e. The van der Waals surface area contributed by atoms with E-state index in [1.54, 1.807) is 4.90 Å². The molecule has 1 heterocycles. The number of piperidine rings is 1. The maximum Gasteiger partial charge on any atom is 0.222 e. The van der Waals surface area contributed by atoms with E-state index in [-0.39, 0.29) is 10.8 Å². The van der Waals surface area contributed by atoms with Gasteiger partial charge >= 0.3 is 0 Å². The second-order valence-electron chi connectivity index (χ2n) is 6.56. The van der Waals surface area contributed by atoms with Crippen LogP contribution in [0.4, 0.5) is 4.39 Å². The van der Waals surface area contributed by atoms with Gasteiger partial charge in [0.05, 0.1) is 10.1 Å². The van der Waals surface area contributed by atoms with E-state index in [0.717, 1.165) is 17.7 Å². The number of aryl methyl sites for hydroxylation is 1. The average Bonchev–Trinajstić information content (AvgIpc) is 2.67. The van der Waals surface area contributed by atoms with Gasteiger partial charge in [-0.15, -0.1) is 0 Å². The van der Waals surface area contributed by atoms with Crippen LogP contribution in [0.25, 0.3) is 0 Å². The molecule has 26 heavy (non-hydrogen) atoms. The highest BCUT2D eigenvalue weighted by atomic mass is 32.2. The van der Waals surface area contributed by atoms with Crippen LogP contribution in [-0.2, 0) is 21.1 Å². The molecule has 1 saturated heterocycles. The molecule has 138 valence electrons. The maximum atomic E-state index is 13.0. The molecule has 2 aromatic rings. The number of nitrogens with zero attached hydrogens (tertiary/aromatic N) is 1. The number of hydrogen-bond donors (Lipinski definition) is 0. The van der Waals surface area contributed by atoms with Gasteiger partial charge < -0.3 is 4.90 Å². The first-order chi connectivity index (χ1) is 12.5. The van der Waals surface area contributed by atoms with Gasteiger partial charge in [-0.1, -0.05) is 30.3 Å². The highest BCUT2D eigenvalue weighted by Gasteiger charge is 2.32. The number of hydrogen-bond acceptors (Lipinski definition) is 3. The van der Waals surface area contributed by atoms with Crippen molar-refractivity contribution in [3.63, 3.8) is 0 Å². The van der Waals surface area contributed by atoms with Crippen LogP contribution in [0.3, 0.4) is 0 Å². The number of benzene rings is 2. The Kier molecular flexibility index (Phi) is 5.71. The molecule has 2 aromatic carbocycles. The number of carbonyl (C=O) groups is 1. The molecular weight excluding hydrogens is 353 g/mol. The predicted octanol–water partition coefficient (Wildman–Crippen LogP) is 3.22. The molecule has 1 fully saturated rings. The summed E-state index contributed by atoms with van der Waals surface area (Å²) in [4.78, 5) is 14.3. The Balaban J connectivity index is 1.55. The SMILES string of the molecule is O=C(CCc1ccccc1)N1CCC(S(=O)(=O)c2ccc(F)cc2)CC1. The first-order valence-electron chi connectivity index (χ1n) is 8.78. The summed E-state index contributed by atoms with van der Waals surface area (Å²) in [5, 5.41) is -0.522. The molecule has 0 spiro atoms. The second-order valence-corrected chi connectivity index (χ2v) is 8.79. The fraction of sp³-hybridized carbons (Fsp3) is 0.350. The lowest BCUT2D eigenvalue weighted by Crippen LogP contribution is -2.42. The van der Waals surface area contributed by atoms with Gasteiger partial charge in [0.15, 0.2) is 9.84 Å². The molecule has 0 N–H and O–H groups in total. The first kappa shape index (κ1) is 18.6. The third-order valence-electron chi connectivity index (χ3n) is 4.85. The number of sulfone groups is 1. The summed E-state index contributed by atoms with van der Waals surface area (Å²) < 4.78 is 38.3. The summed E-state index contributed by atoms with van der Waals surface area (Å²) in [6.07, 6.45) is 1.94. The third-order valence-corrected chi connectivity index (χ3v) is 7.12. The lowest BCUT2D eigenvalue weighted by molar-refractivity contribution is -0.132. The molecule has 4 nitrogen and oxygen atoms in total. The minimum atomic E-state index is -3.49. The van der Waals surface area contributed by atoms with Gasteiger partial charge in [-0.25, -0.2) is 12.8 Å². The number of rotatable bonds is 5. The first-order valence-corrected chi connectivity index (χ1v) is 10.3. The van der Waals surface area contributed by atoms with Crippen molar-refractivity contribution in [3.8, 4) is 0 Å². The summed E-state index contributed by atoms with van der Waals surface area (Å²) >= 11 is 0. The molecule has 0 unspecified atom stereocenters. The van der Waals surface area contributed by atoms with Crippen LogP contribution in [0.15, 0.2) is 59.5 Å². The molecule has 0 bridgehead atoms. The number of halogens is 1. The van der Waals surface area contributed by atoms with Crippen molar-refractivity contribution in [2.45, 2.75) is 35.8 Å². The van der Waals surface area contributed by atoms with Gasteiger partial charge in [0, 0.05) is 19.5 Å². The molecule has 6 heteroatoms. The van der Waals surface area contributed by atoms with Crippen LogP contribution in [0.5, 0.6) is 0 Å². The van der Waals surface area contributed by atoms with Gasteiger partial charge in [-0.3, -0.25) is 4.79 Å². The van der Waals surface area contributed by atoms with Gasteiger partial charge in [0.1, 0.15) is 5.82 Å². The maximum absolute atomic E-state index is 13.0. The van der Waals surface area contributed by atoms with Crippen molar-refractivity contribution in [2.24, 2.45) is 0 Å². The zero-order chi connectivity index (χ0) is 18.6. The Bertz CT molecular complexity index is 842. The Hall–Kier alpha value is -2.21. The molecule has 1 aliphatic rings. The van der Waals surface area contributed by atoms with E-state index in [9.17, 15) is 17.6 Å². The fourth-order valence-corrected chi connectivity index (χ4v) is 5.02. The van der Waals surface area contributed by atoms with Crippen LogP contribution < -0.4 is 0 Å². The van der Waals surface area contributed by atoms with Crippen molar-refractivity contribution < 1.29 is 17.6 Å². The third kappa shape index (κ3) is 4.30. The zero-order valence-electron chi connectivity index (χ0n) is 14.5. The van der Waals surface area contributed by atoms with Crippen LogP contribution >= 0.6 is 0 Å². The van der Waals surface area contributed by atoms with Crippen molar-refractivity contribution in [3.05, 3.63) is 66.0 Å². The van der Waals surface area contributed by atoms with E-state index in [1.807, 2.05) is 30.3 Å². The highest BCUT2D eigenvalue weighted by Crippen LogP contribution is 2.25. The lowest BCUT2D eigenvalue weighted by atomic mass is 10.1. The fourth-order valence-electron chi connectivity index (χ4n) is 3.29. The Morgan fingerprint density at radius 3 is 2.23 bits per heavy atom. The normalized spacial score (nSPS) is 15.8. The number of likely N-dealkylation sites (tertiary alicyclic amines) is 1. The van der Waals surface area contributed by atoms with Crippen LogP contribution in [0, 0.1) is 5.82 Å². The molecular formula is C20H22FNO3S. The number of amides is 1. The topological polar surface area (TPSA) is 54.5 Å². The van der Waals surface area contributed by atoms with E-state index in [0.29, 0.717) is 38.8 Å². The summed E-state index contributed by atoms with van der Waals surface area (Å²) in [7, 11) is -3.49. The van der Waals surface area contributed by atoms with Crippen molar-refractivity contribution in [1.29, 1.82) is 0 Å². The predicted molar refractivity (Wildman–Crippen MR) is 98.0 cm³/mol. The molecule has 0 aliphatic carbocycles. The van der Waals surface area contributed by atoms with Gasteiger partial charge in [0.2, 0.25) is 5.91 Å². The summed E-state index contributed by atoms with van der Waals surface area (Å²) in [6.45, 7) is 0.886. The molecule has 0 radical (unpaired) electrons. The number of carbonyl (C=O) groups excluding carboxylic acids is 1. The monoisotopic (exact) mass is 375 g/mol. The molecule has 0 saturated carbocycles. The van der Waals surface area contributed by atoms with Gasteiger partial charge in [-0.05, 0) is 49.1 Å². The van der Waals surface area contributed by atoms with Crippen LogP contribution in [0.1, 0.15) is 24.8 Å². The van der Waals surface area contributed by atoms with Gasteiger partial charge in [0.25, 0.3) is 0 Å². The van der Waals surface area contributed by atoms with Crippen molar-refractivity contribution in [1.82, 2.24) is 4.90 Å². The summed E-state index contributed by atoms with van der Waals surface area (Å²) in [5.41, 5.74) is 1.12. The molecule has 1 aliphatic heterocycles. The molecule has 0 atom stereocenters. The highest BCUT2D eigenvalue weighted by molar-refractivity contribution is 7.92. The zero-order valence-corrected chi connectivity index (χ0v) is 15.3. The quantitative estimate of drug-likeness (QED) is 0.754. The average molecular weight is 375 g/mol. The second kappa shape index (κ2) is 7.99. The molecule has 3 rings (SSSR count). The Labute approximate surface area is 153 Å². The lowest BCUT2D eigenvalue weighted by Gasteiger charge is -2.32. The van der Waals surface area contributed by atoms with E-state index < -0.39 is 20.9 Å². The van der Waals surface area contributed by atoms with E-state index >= 15 is 0 Å². The molecule has 1 amide bonds. The Morgan fingerprint density at radius 2 is 1.62 bits per heavy atom. The van der Waals surface area contributed by atoms with E-state index in [4.69, 9.17) is 0 Å². The van der Waals surface area contributed by atoms with E-state index in [2.05, 4.69) is 0 Å². The summed E-state index contributed by atoms with van der Waals surface area (Å²) in [5.74, 6) is -0.394. The largest absolute Gasteiger partial charge is 0.343 e. The van der Waals surface area contributed by atoms with Gasteiger partial charge in [-0.2, -0.15) is 0 Å². The Morgan fingerprint density at radius 1 is 1.00 bits per heavy atom. The minimum absolute atomic E-state index is 0.0616.